The normalized spacial score (nSPS) is 17.7. The Morgan fingerprint density at radius 3 is 2.45 bits per heavy atom. The van der Waals surface area contributed by atoms with Crippen LogP contribution in [0.1, 0.15) is 54.1 Å². The number of pyridine rings is 1. The number of aryl methyl sites for hydroxylation is 2. The number of nitrogens with two attached hydrogens (primary N) is 1. The summed E-state index contributed by atoms with van der Waals surface area (Å²) in [4.78, 5) is 14.5. The van der Waals surface area contributed by atoms with Crippen molar-refractivity contribution in [2.45, 2.75) is 62.9 Å². The van der Waals surface area contributed by atoms with Crippen LogP contribution in [0, 0.1) is 19.8 Å². The van der Waals surface area contributed by atoms with Gasteiger partial charge in [-0.2, -0.15) is 8.42 Å². The van der Waals surface area contributed by atoms with E-state index in [9.17, 15) is 18.1 Å². The van der Waals surface area contributed by atoms with E-state index in [1.807, 2.05) is 35.7 Å². The van der Waals surface area contributed by atoms with Gasteiger partial charge < -0.3 is 10.8 Å². The number of nitrogen functional groups attached to an aromatic ring is 1. The van der Waals surface area contributed by atoms with Crippen molar-refractivity contribution < 1.29 is 18.1 Å². The van der Waals surface area contributed by atoms with Crippen LogP contribution in [0.25, 0.3) is 38.9 Å². The van der Waals surface area contributed by atoms with Crippen molar-refractivity contribution >= 4 is 32.4 Å². The van der Waals surface area contributed by atoms with E-state index in [0.717, 1.165) is 81.6 Å². The molecule has 1 aliphatic rings. The maximum Gasteiger partial charge on any atom is 0.294 e. The number of benzene rings is 3. The SMILES string of the molecule is Cc1ccc(S(=O)(=O)O)c(CC(O)C2CCC(c3nc(-c4ccc5c(C)cc(-c6ccccc6)nc5c4)c4c(N)nccn34)CC2)c1. The van der Waals surface area contributed by atoms with E-state index in [4.69, 9.17) is 15.7 Å². The minimum absolute atomic E-state index is 0.00736. The zero-order valence-corrected chi connectivity index (χ0v) is 27.2. The molecule has 3 aromatic heterocycles. The summed E-state index contributed by atoms with van der Waals surface area (Å²) in [5.41, 5.74) is 14.2. The highest BCUT2D eigenvalue weighted by molar-refractivity contribution is 7.85. The number of nitrogens with zero attached hydrogens (tertiary/aromatic N) is 4. The molecule has 1 fully saturated rings. The van der Waals surface area contributed by atoms with E-state index in [-0.39, 0.29) is 23.2 Å². The van der Waals surface area contributed by atoms with Crippen molar-refractivity contribution in [2.75, 3.05) is 5.73 Å². The fourth-order valence-corrected chi connectivity index (χ4v) is 7.87. The van der Waals surface area contributed by atoms with Gasteiger partial charge in [0.25, 0.3) is 10.1 Å². The summed E-state index contributed by atoms with van der Waals surface area (Å²) in [6, 6.07) is 23.3. The number of fused-ring (bicyclic) bond motifs is 2. The number of imidazole rings is 1. The second kappa shape index (κ2) is 12.2. The molecular weight excluding hydrogens is 611 g/mol. The zero-order chi connectivity index (χ0) is 32.9. The van der Waals surface area contributed by atoms with Crippen molar-refractivity contribution in [1.82, 2.24) is 19.4 Å². The van der Waals surface area contributed by atoms with Crippen LogP contribution in [0.15, 0.2) is 90.1 Å². The highest BCUT2D eigenvalue weighted by Gasteiger charge is 2.31. The van der Waals surface area contributed by atoms with Crippen LogP contribution < -0.4 is 5.73 Å². The van der Waals surface area contributed by atoms with Crippen molar-refractivity contribution in [2.24, 2.45) is 5.92 Å². The van der Waals surface area contributed by atoms with Gasteiger partial charge in [-0.25, -0.2) is 15.0 Å². The lowest BCUT2D eigenvalue weighted by molar-refractivity contribution is 0.0800. The standard InChI is InChI=1S/C37H37N5O4S/c1-22-8-15-33(47(44,45)46)28(18-22)21-32(43)25-9-11-26(12-10-25)37-41-34(35-36(38)39-16-17-42(35)37)27-13-14-29-23(2)19-30(40-31(29)20-27)24-6-4-3-5-7-24/h3-8,13-20,25-26,32,43H,9-12,21H2,1-2H3,(H2,38,39)(H,44,45,46). The minimum atomic E-state index is -4.39. The summed E-state index contributed by atoms with van der Waals surface area (Å²) < 4.78 is 35.7. The van der Waals surface area contributed by atoms with Crippen LogP contribution in [0.5, 0.6) is 0 Å². The van der Waals surface area contributed by atoms with E-state index >= 15 is 0 Å². The third-order valence-corrected chi connectivity index (χ3v) is 10.5. The molecule has 6 aromatic rings. The number of anilines is 1. The Hall–Kier alpha value is -4.64. The number of rotatable bonds is 7. The van der Waals surface area contributed by atoms with Gasteiger partial charge >= 0.3 is 0 Å². The highest BCUT2D eigenvalue weighted by Crippen LogP contribution is 2.40. The highest BCUT2D eigenvalue weighted by atomic mass is 32.2. The Morgan fingerprint density at radius 2 is 1.70 bits per heavy atom. The van der Waals surface area contributed by atoms with E-state index < -0.39 is 16.2 Å². The molecule has 240 valence electrons. The molecule has 0 radical (unpaired) electrons. The number of aromatic nitrogens is 4. The molecule has 7 rings (SSSR count). The first kappa shape index (κ1) is 31.0. The molecule has 1 saturated carbocycles. The van der Waals surface area contributed by atoms with E-state index in [1.54, 1.807) is 18.3 Å². The molecule has 1 aliphatic carbocycles. The molecular formula is C37H37N5O4S. The Kier molecular flexibility index (Phi) is 8.03. The van der Waals surface area contributed by atoms with Crippen molar-refractivity contribution in [1.29, 1.82) is 0 Å². The molecule has 1 unspecified atom stereocenters. The summed E-state index contributed by atoms with van der Waals surface area (Å²) in [5.74, 6) is 1.44. The molecule has 3 heterocycles. The molecule has 0 amide bonds. The van der Waals surface area contributed by atoms with Gasteiger partial charge in [0.1, 0.15) is 22.9 Å². The molecule has 0 aliphatic heterocycles. The molecule has 0 bridgehead atoms. The second-order valence-corrected chi connectivity index (χ2v) is 14.1. The average Bonchev–Trinajstić information content (AvgIpc) is 3.45. The van der Waals surface area contributed by atoms with Crippen molar-refractivity contribution in [3.8, 4) is 22.5 Å². The van der Waals surface area contributed by atoms with Gasteiger partial charge in [0.2, 0.25) is 0 Å². The lowest BCUT2D eigenvalue weighted by atomic mass is 9.78. The van der Waals surface area contributed by atoms with Crippen LogP contribution in [0.3, 0.4) is 0 Å². The first-order valence-corrected chi connectivity index (χ1v) is 17.4. The van der Waals surface area contributed by atoms with Crippen LogP contribution in [-0.4, -0.2) is 43.5 Å². The number of aliphatic hydroxyl groups is 1. The maximum atomic E-state index is 12.0. The molecule has 47 heavy (non-hydrogen) atoms. The van der Waals surface area contributed by atoms with Gasteiger partial charge in [-0.15, -0.1) is 0 Å². The van der Waals surface area contributed by atoms with E-state index in [0.29, 0.717) is 11.4 Å². The van der Waals surface area contributed by atoms with E-state index in [2.05, 4.69) is 48.3 Å². The van der Waals surface area contributed by atoms with Crippen molar-refractivity contribution in [3.05, 3.63) is 108 Å². The molecule has 4 N–H and O–H groups in total. The summed E-state index contributed by atoms with van der Waals surface area (Å²) in [7, 11) is -4.39. The monoisotopic (exact) mass is 647 g/mol. The quantitative estimate of drug-likeness (QED) is 0.158. The summed E-state index contributed by atoms with van der Waals surface area (Å²) >= 11 is 0. The summed E-state index contributed by atoms with van der Waals surface area (Å²) in [6.45, 7) is 3.96. The minimum Gasteiger partial charge on any atom is -0.392 e. The number of hydrogen-bond donors (Lipinski definition) is 3. The Morgan fingerprint density at radius 1 is 0.936 bits per heavy atom. The summed E-state index contributed by atoms with van der Waals surface area (Å²) in [5, 5.41) is 12.3. The predicted molar refractivity (Wildman–Crippen MR) is 184 cm³/mol. The summed E-state index contributed by atoms with van der Waals surface area (Å²) in [6.07, 6.45) is 6.14. The number of aliphatic hydroxyl groups excluding tert-OH is 1. The van der Waals surface area contributed by atoms with Crippen LogP contribution in [-0.2, 0) is 16.5 Å². The van der Waals surface area contributed by atoms with Gasteiger partial charge in [-0.3, -0.25) is 8.95 Å². The fourth-order valence-electron chi connectivity index (χ4n) is 7.16. The molecule has 3 aromatic carbocycles. The first-order valence-electron chi connectivity index (χ1n) is 15.9. The smallest absolute Gasteiger partial charge is 0.294 e. The van der Waals surface area contributed by atoms with E-state index in [1.165, 1.54) is 6.07 Å². The van der Waals surface area contributed by atoms with Gasteiger partial charge in [0, 0.05) is 41.2 Å². The molecule has 1 atom stereocenters. The lowest BCUT2D eigenvalue weighted by Gasteiger charge is -2.31. The second-order valence-electron chi connectivity index (χ2n) is 12.7. The van der Waals surface area contributed by atoms with Crippen LogP contribution in [0.2, 0.25) is 0 Å². The Balaban J connectivity index is 1.17. The molecule has 10 heteroatoms. The fraction of sp³-hybridized carbons (Fsp3) is 0.270. The first-order chi connectivity index (χ1) is 22.6. The average molecular weight is 648 g/mol. The Bertz CT molecular complexity index is 2230. The van der Waals surface area contributed by atoms with Gasteiger partial charge in [-0.05, 0) is 74.8 Å². The molecule has 9 nitrogen and oxygen atoms in total. The van der Waals surface area contributed by atoms with Gasteiger partial charge in [0.05, 0.1) is 22.2 Å². The van der Waals surface area contributed by atoms with Crippen molar-refractivity contribution in [3.63, 3.8) is 0 Å². The Labute approximate surface area is 273 Å². The third kappa shape index (κ3) is 6.00. The topological polar surface area (TPSA) is 144 Å². The lowest BCUT2D eigenvalue weighted by Crippen LogP contribution is -2.28. The predicted octanol–water partition coefficient (Wildman–Crippen LogP) is 6.93. The molecule has 0 spiro atoms. The third-order valence-electron chi connectivity index (χ3n) is 9.57. The molecule has 0 saturated heterocycles. The number of hydrogen-bond acceptors (Lipinski definition) is 7. The van der Waals surface area contributed by atoms with Crippen LogP contribution >= 0.6 is 0 Å². The maximum absolute atomic E-state index is 12.0. The largest absolute Gasteiger partial charge is 0.392 e. The van der Waals surface area contributed by atoms with Gasteiger partial charge in [-0.1, -0.05) is 60.2 Å². The zero-order valence-electron chi connectivity index (χ0n) is 26.3. The van der Waals surface area contributed by atoms with Gasteiger partial charge in [0.15, 0.2) is 0 Å². The van der Waals surface area contributed by atoms with Crippen LogP contribution in [0.4, 0.5) is 5.82 Å².